The number of rotatable bonds is 8. The molecule has 10 nitrogen and oxygen atoms in total. The quantitative estimate of drug-likeness (QED) is 0.426. The highest BCUT2D eigenvalue weighted by Gasteiger charge is 2.39. The summed E-state index contributed by atoms with van der Waals surface area (Å²) in [7, 11) is -4.25. The van der Waals surface area contributed by atoms with Gasteiger partial charge in [-0.3, -0.25) is 4.79 Å². The Labute approximate surface area is 230 Å². The van der Waals surface area contributed by atoms with Gasteiger partial charge in [-0.05, 0) is 82.9 Å². The summed E-state index contributed by atoms with van der Waals surface area (Å²) in [5.41, 5.74) is 8.04. The number of pyridine rings is 3. The molecule has 3 aromatic rings. The minimum atomic E-state index is -4.25. The van der Waals surface area contributed by atoms with Crippen molar-refractivity contribution in [1.82, 2.24) is 19.7 Å². The van der Waals surface area contributed by atoms with Crippen molar-refractivity contribution >= 4 is 33.4 Å². The van der Waals surface area contributed by atoms with Crippen LogP contribution in [0, 0.1) is 12.8 Å². The zero-order valence-electron chi connectivity index (χ0n) is 23.4. The van der Waals surface area contributed by atoms with E-state index in [-0.39, 0.29) is 21.9 Å². The number of sulfonamides is 1. The Hall–Kier alpha value is -3.73. The Morgan fingerprint density at radius 3 is 2.49 bits per heavy atom. The average molecular weight is 552 g/mol. The second-order valence-electron chi connectivity index (χ2n) is 10.7. The first-order valence-corrected chi connectivity index (χ1v) is 14.6. The standard InChI is InChI=1S/C28H37N7O3S/c1-7-34(8-2)25-19(4)14-20(16-30-25)22-13-12-21(26(31-22)35-17-18(3)15-28(35,5)6)27(36)33-39(37,38)24-11-9-10-23(29)32-24/h9-14,16,18H,7-8,15,17H2,1-6H3,(H2,29,32)(H,33,36)/t18-/m0/s1. The zero-order chi connectivity index (χ0) is 28.5. The summed E-state index contributed by atoms with van der Waals surface area (Å²) in [6.45, 7) is 15.0. The van der Waals surface area contributed by atoms with Crippen LogP contribution >= 0.6 is 0 Å². The van der Waals surface area contributed by atoms with Crippen LogP contribution in [0.2, 0.25) is 0 Å². The molecule has 1 fully saturated rings. The molecule has 39 heavy (non-hydrogen) atoms. The monoisotopic (exact) mass is 551 g/mol. The molecule has 1 saturated heterocycles. The average Bonchev–Trinajstić information content (AvgIpc) is 3.16. The van der Waals surface area contributed by atoms with Gasteiger partial charge in [0, 0.05) is 36.9 Å². The maximum atomic E-state index is 13.4. The summed E-state index contributed by atoms with van der Waals surface area (Å²) in [5.74, 6) is 0.991. The van der Waals surface area contributed by atoms with Crippen molar-refractivity contribution in [3.8, 4) is 11.3 Å². The number of anilines is 3. The van der Waals surface area contributed by atoms with Gasteiger partial charge >= 0.3 is 0 Å². The van der Waals surface area contributed by atoms with Crippen molar-refractivity contribution in [2.24, 2.45) is 5.92 Å². The molecule has 1 aliphatic rings. The van der Waals surface area contributed by atoms with Crippen molar-refractivity contribution in [3.63, 3.8) is 0 Å². The Bertz CT molecular complexity index is 1490. The van der Waals surface area contributed by atoms with E-state index in [0.29, 0.717) is 24.0 Å². The van der Waals surface area contributed by atoms with Gasteiger partial charge in [0.05, 0.1) is 11.3 Å². The van der Waals surface area contributed by atoms with Gasteiger partial charge in [0.1, 0.15) is 17.5 Å². The number of nitrogens with zero attached hydrogens (tertiary/aromatic N) is 5. The molecule has 0 aromatic carbocycles. The van der Waals surface area contributed by atoms with E-state index in [0.717, 1.165) is 36.5 Å². The minimum Gasteiger partial charge on any atom is -0.384 e. The highest BCUT2D eigenvalue weighted by molar-refractivity contribution is 7.90. The van der Waals surface area contributed by atoms with Gasteiger partial charge in [-0.2, -0.15) is 8.42 Å². The number of amides is 1. The van der Waals surface area contributed by atoms with Crippen molar-refractivity contribution in [3.05, 3.63) is 53.7 Å². The number of nitrogens with two attached hydrogens (primary N) is 1. The van der Waals surface area contributed by atoms with E-state index in [1.807, 2.05) is 13.0 Å². The fraction of sp³-hybridized carbons (Fsp3) is 0.429. The fourth-order valence-corrected chi connectivity index (χ4v) is 6.27. The molecular formula is C28H37N7O3S. The summed E-state index contributed by atoms with van der Waals surface area (Å²) >= 11 is 0. The van der Waals surface area contributed by atoms with E-state index < -0.39 is 15.9 Å². The van der Waals surface area contributed by atoms with Crippen LogP contribution in [0.5, 0.6) is 0 Å². The van der Waals surface area contributed by atoms with E-state index in [9.17, 15) is 13.2 Å². The maximum Gasteiger partial charge on any atom is 0.281 e. The summed E-state index contributed by atoms with van der Waals surface area (Å²) in [4.78, 5) is 31.2. The predicted octanol–water partition coefficient (Wildman–Crippen LogP) is 4.02. The molecule has 1 atom stereocenters. The largest absolute Gasteiger partial charge is 0.384 e. The molecule has 0 spiro atoms. The Morgan fingerprint density at radius 1 is 1.18 bits per heavy atom. The normalized spacial score (nSPS) is 16.8. The van der Waals surface area contributed by atoms with Crippen LogP contribution in [-0.2, 0) is 10.0 Å². The molecule has 208 valence electrons. The first-order chi connectivity index (χ1) is 18.4. The van der Waals surface area contributed by atoms with Crippen molar-refractivity contribution in [2.45, 2.75) is 58.5 Å². The number of hydrogen-bond acceptors (Lipinski definition) is 9. The van der Waals surface area contributed by atoms with E-state index in [4.69, 9.17) is 15.7 Å². The Balaban J connectivity index is 1.77. The summed E-state index contributed by atoms with van der Waals surface area (Å²) in [6, 6.07) is 9.63. The Kier molecular flexibility index (Phi) is 7.83. The van der Waals surface area contributed by atoms with Crippen molar-refractivity contribution in [1.29, 1.82) is 0 Å². The second-order valence-corrected chi connectivity index (χ2v) is 12.3. The maximum absolute atomic E-state index is 13.4. The highest BCUT2D eigenvalue weighted by atomic mass is 32.2. The van der Waals surface area contributed by atoms with Gasteiger partial charge in [0.15, 0.2) is 5.03 Å². The van der Waals surface area contributed by atoms with Crippen LogP contribution in [0.25, 0.3) is 11.3 Å². The third-order valence-electron chi connectivity index (χ3n) is 7.11. The topological polar surface area (TPSA) is 134 Å². The molecule has 0 unspecified atom stereocenters. The molecule has 4 rings (SSSR count). The third-order valence-corrected chi connectivity index (χ3v) is 8.34. The zero-order valence-corrected chi connectivity index (χ0v) is 24.2. The number of nitrogen functional groups attached to an aromatic ring is 1. The van der Waals surface area contributed by atoms with Gasteiger partial charge in [-0.25, -0.2) is 19.7 Å². The van der Waals surface area contributed by atoms with Gasteiger partial charge < -0.3 is 15.5 Å². The van der Waals surface area contributed by atoms with Gasteiger partial charge in [-0.1, -0.05) is 13.0 Å². The van der Waals surface area contributed by atoms with Crippen LogP contribution in [0.3, 0.4) is 0 Å². The molecule has 4 heterocycles. The molecular weight excluding hydrogens is 514 g/mol. The van der Waals surface area contributed by atoms with Crippen LogP contribution in [0.1, 0.15) is 57.0 Å². The number of nitrogens with one attached hydrogen (secondary N) is 1. The number of hydrogen-bond donors (Lipinski definition) is 2. The molecule has 3 N–H and O–H groups in total. The van der Waals surface area contributed by atoms with Crippen molar-refractivity contribution < 1.29 is 13.2 Å². The van der Waals surface area contributed by atoms with E-state index >= 15 is 0 Å². The predicted molar refractivity (Wildman–Crippen MR) is 154 cm³/mol. The first kappa shape index (κ1) is 28.3. The number of carbonyl (C=O) groups excluding carboxylic acids is 1. The molecule has 0 radical (unpaired) electrons. The molecule has 1 amide bonds. The van der Waals surface area contributed by atoms with Crippen LogP contribution in [0.4, 0.5) is 17.5 Å². The van der Waals surface area contributed by atoms with Crippen molar-refractivity contribution in [2.75, 3.05) is 35.2 Å². The third kappa shape index (κ3) is 5.83. The summed E-state index contributed by atoms with van der Waals surface area (Å²) in [5, 5.41) is -0.327. The van der Waals surface area contributed by atoms with E-state index in [1.54, 1.807) is 18.3 Å². The molecule has 11 heteroatoms. The molecule has 1 aliphatic heterocycles. The summed E-state index contributed by atoms with van der Waals surface area (Å²) in [6.07, 6.45) is 2.70. The van der Waals surface area contributed by atoms with Crippen LogP contribution in [-0.4, -0.2) is 54.5 Å². The minimum absolute atomic E-state index is 0.0424. The molecule has 0 saturated carbocycles. The molecule has 0 bridgehead atoms. The number of carbonyl (C=O) groups is 1. The highest BCUT2D eigenvalue weighted by Crippen LogP contribution is 2.38. The lowest BCUT2D eigenvalue weighted by Crippen LogP contribution is -2.41. The van der Waals surface area contributed by atoms with Crippen LogP contribution in [0.15, 0.2) is 47.6 Å². The number of aromatic nitrogens is 3. The first-order valence-electron chi connectivity index (χ1n) is 13.2. The molecule has 0 aliphatic carbocycles. The second kappa shape index (κ2) is 10.8. The van der Waals surface area contributed by atoms with Crippen LogP contribution < -0.4 is 20.3 Å². The van der Waals surface area contributed by atoms with Gasteiger partial charge in [0.25, 0.3) is 15.9 Å². The lowest BCUT2D eigenvalue weighted by Gasteiger charge is -2.34. The Morgan fingerprint density at radius 2 is 1.90 bits per heavy atom. The number of aryl methyl sites for hydroxylation is 1. The fourth-order valence-electron chi connectivity index (χ4n) is 5.32. The van der Waals surface area contributed by atoms with Gasteiger partial charge in [0.2, 0.25) is 0 Å². The van der Waals surface area contributed by atoms with Gasteiger partial charge in [-0.15, -0.1) is 0 Å². The lowest BCUT2D eigenvalue weighted by atomic mass is 9.97. The van der Waals surface area contributed by atoms with E-state index in [1.165, 1.54) is 18.2 Å². The smallest absolute Gasteiger partial charge is 0.281 e. The summed E-state index contributed by atoms with van der Waals surface area (Å²) < 4.78 is 28.0. The van der Waals surface area contributed by atoms with E-state index in [2.05, 4.69) is 54.1 Å². The molecule has 3 aromatic heterocycles. The SMILES string of the molecule is CCN(CC)c1ncc(-c2ccc(C(=O)NS(=O)(=O)c3cccc(N)n3)c(N3C[C@@H](C)CC3(C)C)n2)cc1C. The lowest BCUT2D eigenvalue weighted by molar-refractivity contribution is 0.0981.